The summed E-state index contributed by atoms with van der Waals surface area (Å²) in [4.78, 5) is 14.2. The molecule has 0 bridgehead atoms. The minimum atomic E-state index is -0.166. The summed E-state index contributed by atoms with van der Waals surface area (Å²) in [7, 11) is 0. The monoisotopic (exact) mass is 467 g/mol. The number of hydrogen-bond donors (Lipinski definition) is 0. The van der Waals surface area contributed by atoms with Gasteiger partial charge >= 0.3 is 0 Å². The van der Waals surface area contributed by atoms with Gasteiger partial charge in [0.2, 0.25) is 5.91 Å². The first-order chi connectivity index (χ1) is 14.1. The number of rotatable bonds is 8. The molecule has 0 aliphatic heterocycles. The van der Waals surface area contributed by atoms with Crippen molar-refractivity contribution in [3.63, 3.8) is 0 Å². The van der Waals surface area contributed by atoms with Gasteiger partial charge in [0.1, 0.15) is 6.54 Å². The van der Waals surface area contributed by atoms with Gasteiger partial charge in [0, 0.05) is 22.3 Å². The molecular weight excluding hydrogens is 450 g/mol. The van der Waals surface area contributed by atoms with Gasteiger partial charge < -0.3 is 0 Å². The van der Waals surface area contributed by atoms with Gasteiger partial charge in [0.15, 0.2) is 11.0 Å². The zero-order valence-electron chi connectivity index (χ0n) is 15.5. The second kappa shape index (κ2) is 10.0. The molecule has 6 nitrogen and oxygen atoms in total. The van der Waals surface area contributed by atoms with Crippen LogP contribution in [0.2, 0.25) is 0 Å². The normalized spacial score (nSPS) is 10.3. The molecule has 0 aliphatic carbocycles. The van der Waals surface area contributed by atoms with Crippen LogP contribution in [0, 0.1) is 11.3 Å². The number of nitriles is 1. The van der Waals surface area contributed by atoms with E-state index in [4.69, 9.17) is 5.26 Å². The van der Waals surface area contributed by atoms with E-state index in [1.807, 2.05) is 59.2 Å². The van der Waals surface area contributed by atoms with Crippen molar-refractivity contribution in [1.82, 2.24) is 14.8 Å². The standard InChI is InChI=1S/C21H18BrN5OS/c1-2-13-27-20(16-8-10-17(22)11-9-16)24-25-21(27)29-15-19(28)26(14-12-23)18-6-4-3-5-7-18/h2-11H,1,13-15H2. The highest BCUT2D eigenvalue weighted by atomic mass is 79.9. The summed E-state index contributed by atoms with van der Waals surface area (Å²) in [6, 6.07) is 19.0. The number of amides is 1. The van der Waals surface area contributed by atoms with E-state index in [0.29, 0.717) is 23.2 Å². The van der Waals surface area contributed by atoms with Crippen molar-refractivity contribution in [2.24, 2.45) is 0 Å². The number of allylic oxidation sites excluding steroid dienone is 1. The fraction of sp³-hybridized carbons (Fsp3) is 0.143. The third kappa shape index (κ3) is 5.13. The quantitative estimate of drug-likeness (QED) is 0.276. The van der Waals surface area contributed by atoms with E-state index in [0.717, 1.165) is 10.0 Å². The Hall–Kier alpha value is -2.89. The largest absolute Gasteiger partial charge is 0.298 e. The molecule has 8 heteroatoms. The Labute approximate surface area is 182 Å². The minimum absolute atomic E-state index is 0.00705. The van der Waals surface area contributed by atoms with Gasteiger partial charge in [0.05, 0.1) is 11.8 Å². The molecule has 29 heavy (non-hydrogen) atoms. The maximum Gasteiger partial charge on any atom is 0.238 e. The highest BCUT2D eigenvalue weighted by Crippen LogP contribution is 2.26. The van der Waals surface area contributed by atoms with Crippen molar-refractivity contribution >= 4 is 39.3 Å². The Bertz CT molecular complexity index is 1030. The number of hydrogen-bond acceptors (Lipinski definition) is 5. The van der Waals surface area contributed by atoms with E-state index in [9.17, 15) is 4.79 Å². The van der Waals surface area contributed by atoms with E-state index in [1.165, 1.54) is 16.7 Å². The maximum atomic E-state index is 12.8. The molecule has 0 aliphatic rings. The van der Waals surface area contributed by atoms with Gasteiger partial charge in [-0.1, -0.05) is 64.1 Å². The lowest BCUT2D eigenvalue weighted by atomic mass is 10.2. The lowest BCUT2D eigenvalue weighted by Gasteiger charge is -2.19. The second-order valence-electron chi connectivity index (χ2n) is 5.97. The van der Waals surface area contributed by atoms with Crippen molar-refractivity contribution in [3.8, 4) is 17.5 Å². The van der Waals surface area contributed by atoms with Crippen molar-refractivity contribution < 1.29 is 4.79 Å². The van der Waals surface area contributed by atoms with Crippen LogP contribution in [-0.2, 0) is 11.3 Å². The lowest BCUT2D eigenvalue weighted by molar-refractivity contribution is -0.116. The molecular formula is C21H18BrN5OS. The molecule has 0 saturated carbocycles. The van der Waals surface area contributed by atoms with Gasteiger partial charge in [-0.2, -0.15) is 5.26 Å². The average molecular weight is 468 g/mol. The van der Waals surface area contributed by atoms with Crippen molar-refractivity contribution in [2.75, 3.05) is 17.2 Å². The van der Waals surface area contributed by atoms with E-state index in [1.54, 1.807) is 6.08 Å². The molecule has 0 saturated heterocycles. The summed E-state index contributed by atoms with van der Waals surface area (Å²) in [6.07, 6.45) is 1.77. The summed E-state index contributed by atoms with van der Waals surface area (Å²) in [5.74, 6) is 0.692. The number of benzene rings is 2. The van der Waals surface area contributed by atoms with Crippen molar-refractivity contribution in [3.05, 3.63) is 71.7 Å². The molecule has 0 spiro atoms. The number of halogens is 1. The predicted molar refractivity (Wildman–Crippen MR) is 118 cm³/mol. The maximum absolute atomic E-state index is 12.8. The smallest absolute Gasteiger partial charge is 0.238 e. The molecule has 1 amide bonds. The molecule has 0 radical (unpaired) electrons. The fourth-order valence-corrected chi connectivity index (χ4v) is 3.80. The molecule has 3 rings (SSSR count). The van der Waals surface area contributed by atoms with Crippen molar-refractivity contribution in [2.45, 2.75) is 11.7 Å². The van der Waals surface area contributed by atoms with Gasteiger partial charge in [-0.05, 0) is 24.3 Å². The summed E-state index contributed by atoms with van der Waals surface area (Å²) < 4.78 is 2.90. The Kier molecular flexibility index (Phi) is 7.22. The molecule has 1 heterocycles. The van der Waals surface area contributed by atoms with Gasteiger partial charge in [-0.15, -0.1) is 16.8 Å². The Morgan fingerprint density at radius 1 is 1.21 bits per heavy atom. The molecule has 146 valence electrons. The molecule has 0 fully saturated rings. The molecule has 3 aromatic rings. The van der Waals surface area contributed by atoms with Crippen LogP contribution in [-0.4, -0.2) is 33.0 Å². The number of carbonyl (C=O) groups excluding carboxylic acids is 1. The van der Waals surface area contributed by atoms with E-state index < -0.39 is 0 Å². The van der Waals surface area contributed by atoms with Crippen molar-refractivity contribution in [1.29, 1.82) is 5.26 Å². The third-order valence-electron chi connectivity index (χ3n) is 4.05. The molecule has 0 N–H and O–H groups in total. The summed E-state index contributed by atoms with van der Waals surface area (Å²) in [5.41, 5.74) is 1.62. The Morgan fingerprint density at radius 3 is 2.59 bits per heavy atom. The number of carbonyl (C=O) groups is 1. The SMILES string of the molecule is C=CCn1c(SCC(=O)N(CC#N)c2ccccc2)nnc1-c1ccc(Br)cc1. The van der Waals surface area contributed by atoms with Crippen LogP contribution >= 0.6 is 27.7 Å². The predicted octanol–water partition coefficient (Wildman–Crippen LogP) is 4.54. The van der Waals surface area contributed by atoms with Gasteiger partial charge in [0.25, 0.3) is 0 Å². The Balaban J connectivity index is 1.79. The van der Waals surface area contributed by atoms with Gasteiger partial charge in [-0.25, -0.2) is 0 Å². The second-order valence-corrected chi connectivity index (χ2v) is 7.83. The molecule has 2 aromatic carbocycles. The molecule has 0 atom stereocenters. The molecule has 1 aromatic heterocycles. The number of anilines is 1. The van der Waals surface area contributed by atoms with E-state index in [2.05, 4.69) is 38.8 Å². The summed E-state index contributed by atoms with van der Waals surface area (Å²) in [6.45, 7) is 4.32. The van der Waals surface area contributed by atoms with Crippen LogP contribution in [0.3, 0.4) is 0 Å². The zero-order valence-corrected chi connectivity index (χ0v) is 17.9. The van der Waals surface area contributed by atoms with Crippen LogP contribution in [0.1, 0.15) is 0 Å². The number of para-hydroxylation sites is 1. The summed E-state index contributed by atoms with van der Waals surface area (Å²) in [5, 5.41) is 18.3. The third-order valence-corrected chi connectivity index (χ3v) is 5.53. The number of thioether (sulfide) groups is 1. The first kappa shape index (κ1) is 20.8. The van der Waals surface area contributed by atoms with Gasteiger partial charge in [-0.3, -0.25) is 14.3 Å². The lowest BCUT2D eigenvalue weighted by Crippen LogP contribution is -2.32. The highest BCUT2D eigenvalue weighted by Gasteiger charge is 2.19. The fourth-order valence-electron chi connectivity index (χ4n) is 2.71. The topological polar surface area (TPSA) is 74.8 Å². The van der Waals surface area contributed by atoms with Crippen LogP contribution in [0.4, 0.5) is 5.69 Å². The first-order valence-corrected chi connectivity index (χ1v) is 10.6. The zero-order chi connectivity index (χ0) is 20.6. The average Bonchev–Trinajstić information content (AvgIpc) is 3.14. The molecule has 0 unspecified atom stereocenters. The van der Waals surface area contributed by atoms with E-state index in [-0.39, 0.29) is 18.2 Å². The number of aromatic nitrogens is 3. The van der Waals surface area contributed by atoms with E-state index >= 15 is 0 Å². The highest BCUT2D eigenvalue weighted by molar-refractivity contribution is 9.10. The van der Waals surface area contributed by atoms with Crippen LogP contribution in [0.15, 0.2) is 76.9 Å². The number of nitrogens with zero attached hydrogens (tertiary/aromatic N) is 5. The summed E-state index contributed by atoms with van der Waals surface area (Å²) >= 11 is 4.72. The minimum Gasteiger partial charge on any atom is -0.298 e. The Morgan fingerprint density at radius 2 is 1.93 bits per heavy atom. The van der Waals surface area contributed by atoms with Crippen LogP contribution < -0.4 is 4.90 Å². The van der Waals surface area contributed by atoms with Crippen LogP contribution in [0.5, 0.6) is 0 Å². The van der Waals surface area contributed by atoms with Crippen LogP contribution in [0.25, 0.3) is 11.4 Å². The first-order valence-electron chi connectivity index (χ1n) is 8.79.